The summed E-state index contributed by atoms with van der Waals surface area (Å²) < 4.78 is 67.5. The molecule has 0 atom stereocenters. The van der Waals surface area contributed by atoms with Crippen LogP contribution in [-0.2, 0) is 28.6 Å². The van der Waals surface area contributed by atoms with Crippen LogP contribution in [0.25, 0.3) is 117 Å². The smallest absolute Gasteiger partial charge is 0.296 e. The van der Waals surface area contributed by atoms with E-state index >= 15 is 0 Å². The molecule has 0 radical (unpaired) electrons. The van der Waals surface area contributed by atoms with Gasteiger partial charge in [0.15, 0.2) is 0 Å². The van der Waals surface area contributed by atoms with Gasteiger partial charge in [0.2, 0.25) is 0 Å². The fourth-order valence-corrected chi connectivity index (χ4v) is 18.0. The number of nitrogens with two attached hydrogens (primary N) is 3. The van der Waals surface area contributed by atoms with Crippen LogP contribution in [0, 0.1) is 31.6 Å². The quantitative estimate of drug-likeness (QED) is 0.0580. The third-order valence-corrected chi connectivity index (χ3v) is 25.1. The Morgan fingerprint density at radius 1 is 0.362 bits per heavy atom. The van der Waals surface area contributed by atoms with E-state index in [0.717, 1.165) is 184 Å². The van der Waals surface area contributed by atoms with Crippen LogP contribution in [0.15, 0.2) is 277 Å². The fourth-order valence-electron chi connectivity index (χ4n) is 16.0. The maximum Gasteiger partial charge on any atom is 0.296 e. The molecular formula is C92H81N15O7S2. The number of aliphatic hydroxyl groups excluding tert-OH is 1. The molecule has 3 fully saturated rings. The van der Waals surface area contributed by atoms with E-state index < -0.39 is 20.2 Å². The molecule has 9 heterocycles. The van der Waals surface area contributed by atoms with Gasteiger partial charge in [-0.3, -0.25) is 21.6 Å². The van der Waals surface area contributed by atoms with Crippen molar-refractivity contribution in [2.75, 3.05) is 37.0 Å². The van der Waals surface area contributed by atoms with E-state index in [4.69, 9.17) is 55.5 Å². The van der Waals surface area contributed by atoms with Crippen molar-refractivity contribution >= 4 is 86.9 Å². The number of imidazole rings is 3. The van der Waals surface area contributed by atoms with Gasteiger partial charge >= 0.3 is 0 Å². The van der Waals surface area contributed by atoms with Gasteiger partial charge in [-0.05, 0) is 131 Å². The molecule has 0 saturated heterocycles. The molecule has 0 bridgehead atoms. The Hall–Kier alpha value is -13.0. The monoisotopic (exact) mass is 1570 g/mol. The van der Waals surface area contributed by atoms with E-state index in [1.54, 1.807) is 67.1 Å². The molecule has 20 rings (SSSR count). The highest BCUT2D eigenvalue weighted by Crippen LogP contribution is 2.47. The van der Waals surface area contributed by atoms with Gasteiger partial charge in [-0.25, -0.2) is 44.9 Å². The largest absolute Gasteiger partial charge is 0.396 e. The highest BCUT2D eigenvalue weighted by molar-refractivity contribution is 7.87. The van der Waals surface area contributed by atoms with E-state index in [2.05, 4.69) is 110 Å². The van der Waals surface area contributed by atoms with Crippen molar-refractivity contribution in [1.29, 1.82) is 0 Å². The number of hydrogen-bond acceptors (Lipinski definition) is 19. The molecule has 0 unspecified atom stereocenters. The number of fused-ring (bicyclic) bond motifs is 6. The van der Waals surface area contributed by atoms with Gasteiger partial charge in [0, 0.05) is 111 Å². The molecule has 578 valence electrons. The fraction of sp³-hybridized carbons (Fsp3) is 0.185. The zero-order valence-electron chi connectivity index (χ0n) is 63.5. The average molecular weight is 1570 g/mol. The SMILES string of the molecule is Cc1ccc(S(=O)(=O)OCC2CC(c3nc(-c4ccc5ccc(-c6ccccc6)nc5c4)c4c(N)nccn34)C2)cc1.Cc1ccc(S(=O)(=O)OCC2CC(c3nc(-c4ccc5ccc(-c6ccccc6)nc5c4)c4c(N)nccn34)C2)cc1.Nc1nccn2c(C3CC(CO)C3)nc(-c3ccc4ccc(-c5ccccc5)nc4c3)c12. The maximum absolute atomic E-state index is 12.6. The van der Waals surface area contributed by atoms with Crippen LogP contribution in [0.1, 0.15) is 84.9 Å². The first kappa shape index (κ1) is 74.4. The molecule has 3 aliphatic rings. The average Bonchev–Trinajstić information content (AvgIpc) is 1.60. The van der Waals surface area contributed by atoms with Crippen molar-refractivity contribution < 1.29 is 30.3 Å². The summed E-state index contributed by atoms with van der Waals surface area (Å²) in [5.41, 5.74) is 37.2. The summed E-state index contributed by atoms with van der Waals surface area (Å²) in [6.07, 6.45) is 15.7. The standard InChI is InChI=1S/2C33H29N5O3S.C26H23N5O/c2*1-21-7-12-27(13-8-21)42(39,40)41-20-22-17-26(18-22)33-37-30(31-32(34)35-15-16-38(31)33)25-10-9-24-11-14-28(36-29(24)19-25)23-5-3-2-4-6-23;27-25-24-23(30-26(31(24)11-10-28-25)20-12-16(13-20)15-32)19-7-6-18-8-9-21(29-22(18)14-19)17-4-2-1-3-5-17/h2*2-16,19,22,26H,17-18,20H2,1H3,(H2,34,35);1-11,14,16,20,32H,12-13,15H2,(H2,27,28). The minimum absolute atomic E-state index is 0.117. The summed E-state index contributed by atoms with van der Waals surface area (Å²) in [5.74, 6) is 5.23. The molecule has 9 aromatic heterocycles. The molecule has 0 aliphatic heterocycles. The summed E-state index contributed by atoms with van der Waals surface area (Å²) in [7, 11) is -7.59. The lowest BCUT2D eigenvalue weighted by Crippen LogP contribution is -2.28. The van der Waals surface area contributed by atoms with Crippen LogP contribution < -0.4 is 17.2 Å². The first-order valence-corrected chi connectivity index (χ1v) is 41.5. The van der Waals surface area contributed by atoms with Gasteiger partial charge in [0.25, 0.3) is 20.2 Å². The number of aryl methyl sites for hydroxylation is 2. The minimum atomic E-state index is -3.79. The first-order chi connectivity index (χ1) is 56.4. The predicted molar refractivity (Wildman–Crippen MR) is 453 cm³/mol. The lowest BCUT2D eigenvalue weighted by Gasteiger charge is -2.34. The summed E-state index contributed by atoms with van der Waals surface area (Å²) in [6, 6.07) is 74.7. The number of aliphatic hydroxyl groups is 1. The van der Waals surface area contributed by atoms with Crippen molar-refractivity contribution in [1.82, 2.24) is 58.1 Å². The molecule has 0 amide bonds. The van der Waals surface area contributed by atoms with Crippen molar-refractivity contribution in [2.24, 2.45) is 17.8 Å². The molecule has 17 aromatic rings. The Kier molecular flexibility index (Phi) is 20.0. The number of nitrogens with zero attached hydrogens (tertiary/aromatic N) is 12. The van der Waals surface area contributed by atoms with Crippen LogP contribution in [0.4, 0.5) is 17.5 Å². The molecular weight excluding hydrogens is 1490 g/mol. The molecule has 3 saturated carbocycles. The van der Waals surface area contributed by atoms with Gasteiger partial charge in [0.05, 0.1) is 56.6 Å². The van der Waals surface area contributed by atoms with Crippen molar-refractivity contribution in [2.45, 2.75) is 79.9 Å². The first-order valence-electron chi connectivity index (χ1n) is 38.7. The van der Waals surface area contributed by atoms with Crippen LogP contribution >= 0.6 is 0 Å². The maximum atomic E-state index is 12.6. The van der Waals surface area contributed by atoms with Crippen molar-refractivity contribution in [3.63, 3.8) is 0 Å². The normalized spacial score (nSPS) is 17.3. The van der Waals surface area contributed by atoms with E-state index in [1.807, 2.05) is 132 Å². The Morgan fingerprint density at radius 2 is 0.655 bits per heavy atom. The number of aromatic nitrogens is 12. The molecule has 8 aromatic carbocycles. The van der Waals surface area contributed by atoms with Crippen LogP contribution in [0.3, 0.4) is 0 Å². The summed E-state index contributed by atoms with van der Waals surface area (Å²) >= 11 is 0. The lowest BCUT2D eigenvalue weighted by molar-refractivity contribution is 0.138. The number of anilines is 3. The second kappa shape index (κ2) is 31.1. The van der Waals surface area contributed by atoms with E-state index in [0.29, 0.717) is 29.3 Å². The Morgan fingerprint density at radius 3 is 0.957 bits per heavy atom. The van der Waals surface area contributed by atoms with Crippen LogP contribution in [0.2, 0.25) is 0 Å². The zero-order chi connectivity index (χ0) is 79.3. The number of rotatable bonds is 18. The van der Waals surface area contributed by atoms with Gasteiger partial charge in [-0.2, -0.15) is 16.8 Å². The number of hydrogen-bond donors (Lipinski definition) is 4. The minimum Gasteiger partial charge on any atom is -0.396 e. The highest BCUT2D eigenvalue weighted by Gasteiger charge is 2.39. The second-order valence-corrected chi connectivity index (χ2v) is 33.6. The summed E-state index contributed by atoms with van der Waals surface area (Å²) in [5, 5.41) is 12.6. The number of pyridine rings is 3. The predicted octanol–water partition coefficient (Wildman–Crippen LogP) is 17.5. The third kappa shape index (κ3) is 14.8. The topological polar surface area (TPSA) is 314 Å². The molecule has 0 spiro atoms. The molecule has 22 nitrogen and oxygen atoms in total. The third-order valence-electron chi connectivity index (χ3n) is 22.5. The van der Waals surface area contributed by atoms with E-state index in [9.17, 15) is 21.9 Å². The van der Waals surface area contributed by atoms with Crippen LogP contribution in [-0.4, -0.2) is 99.8 Å². The van der Waals surface area contributed by atoms with Gasteiger partial charge in [-0.1, -0.05) is 181 Å². The van der Waals surface area contributed by atoms with E-state index in [-0.39, 0.29) is 53.3 Å². The second-order valence-electron chi connectivity index (χ2n) is 30.3. The lowest BCUT2D eigenvalue weighted by atomic mass is 9.75. The van der Waals surface area contributed by atoms with Crippen molar-refractivity contribution in [3.8, 4) is 67.5 Å². The molecule has 24 heteroatoms. The Bertz CT molecular complexity index is 6500. The van der Waals surface area contributed by atoms with Gasteiger partial charge < -0.3 is 22.3 Å². The number of nitrogen functional groups attached to an aromatic ring is 3. The van der Waals surface area contributed by atoms with Gasteiger partial charge in [0.1, 0.15) is 68.6 Å². The van der Waals surface area contributed by atoms with Gasteiger partial charge in [-0.15, -0.1) is 0 Å². The molecule has 7 N–H and O–H groups in total. The summed E-state index contributed by atoms with van der Waals surface area (Å²) in [4.78, 5) is 43.4. The van der Waals surface area contributed by atoms with Crippen molar-refractivity contribution in [3.05, 3.63) is 296 Å². The number of benzene rings is 8. The highest BCUT2D eigenvalue weighted by atomic mass is 32.2. The summed E-state index contributed by atoms with van der Waals surface area (Å²) in [6.45, 7) is 4.35. The van der Waals surface area contributed by atoms with Crippen LogP contribution in [0.5, 0.6) is 0 Å². The Balaban J connectivity index is 0.000000122. The Labute approximate surface area is 669 Å². The molecule has 3 aliphatic carbocycles. The molecule has 116 heavy (non-hydrogen) atoms. The zero-order valence-corrected chi connectivity index (χ0v) is 65.2. The van der Waals surface area contributed by atoms with E-state index in [1.165, 1.54) is 0 Å².